The summed E-state index contributed by atoms with van der Waals surface area (Å²) in [6.07, 6.45) is 0.320. The number of rotatable bonds is 3. The van der Waals surface area contributed by atoms with E-state index < -0.39 is 17.6 Å². The van der Waals surface area contributed by atoms with E-state index in [1.165, 1.54) is 4.90 Å². The number of aromatic nitrogens is 1. The first-order valence-electron chi connectivity index (χ1n) is 7.63. The van der Waals surface area contributed by atoms with Crippen molar-refractivity contribution in [3.05, 3.63) is 46.2 Å². The van der Waals surface area contributed by atoms with Crippen LogP contribution in [-0.2, 0) is 4.74 Å². The highest BCUT2D eigenvalue weighted by atomic mass is 16.5. The number of nitrogens with one attached hydrogen (secondary N) is 1. The van der Waals surface area contributed by atoms with Crippen molar-refractivity contribution < 1.29 is 14.6 Å². The summed E-state index contributed by atoms with van der Waals surface area (Å²) in [6, 6.07) is 8.56. The summed E-state index contributed by atoms with van der Waals surface area (Å²) in [5.41, 5.74) is 0.354. The van der Waals surface area contributed by atoms with Gasteiger partial charge < -0.3 is 19.7 Å². The first-order chi connectivity index (χ1) is 11.0. The Kier molecular flexibility index (Phi) is 4.19. The van der Waals surface area contributed by atoms with Crippen LogP contribution in [0, 0.1) is 0 Å². The van der Waals surface area contributed by atoms with Crippen molar-refractivity contribution in [2.75, 3.05) is 14.2 Å². The van der Waals surface area contributed by atoms with E-state index in [1.54, 1.807) is 26.3 Å². The maximum atomic E-state index is 12.7. The number of carbonyl (C=O) groups is 1. The Morgan fingerprint density at radius 2 is 2.09 bits per heavy atom. The minimum Gasteiger partial charge on any atom is -0.388 e. The Labute approximate surface area is 133 Å². The summed E-state index contributed by atoms with van der Waals surface area (Å²) < 4.78 is 5.21. The molecular weight excluding hydrogens is 296 g/mol. The van der Waals surface area contributed by atoms with Crippen molar-refractivity contribution in [3.8, 4) is 0 Å². The molecule has 1 aromatic heterocycles. The van der Waals surface area contributed by atoms with Gasteiger partial charge in [0.05, 0.1) is 12.1 Å². The van der Waals surface area contributed by atoms with Crippen molar-refractivity contribution in [2.24, 2.45) is 0 Å². The lowest BCUT2D eigenvalue weighted by molar-refractivity contribution is -0.0156. The smallest absolute Gasteiger partial charge is 0.261 e. The third-order valence-corrected chi connectivity index (χ3v) is 4.63. The van der Waals surface area contributed by atoms with Crippen molar-refractivity contribution >= 4 is 16.8 Å². The number of amides is 1. The Morgan fingerprint density at radius 1 is 1.35 bits per heavy atom. The Bertz CT molecular complexity index is 786. The molecule has 2 N–H and O–H groups in total. The number of benzene rings is 1. The monoisotopic (exact) mass is 316 g/mol. The van der Waals surface area contributed by atoms with Crippen molar-refractivity contribution in [2.45, 2.75) is 31.1 Å². The maximum absolute atomic E-state index is 12.7. The van der Waals surface area contributed by atoms with Gasteiger partial charge in [-0.1, -0.05) is 18.2 Å². The zero-order valence-electron chi connectivity index (χ0n) is 13.2. The number of H-pyrrole nitrogens is 1. The van der Waals surface area contributed by atoms with Gasteiger partial charge in [0.25, 0.3) is 11.5 Å². The molecule has 0 unspecified atom stereocenters. The van der Waals surface area contributed by atoms with Crippen LogP contribution in [0.1, 0.15) is 23.2 Å². The van der Waals surface area contributed by atoms with Crippen LogP contribution in [0.15, 0.2) is 35.1 Å². The molecule has 1 aliphatic rings. The number of para-hydroxylation sites is 1. The number of nitrogens with zero attached hydrogens (tertiary/aromatic N) is 1. The molecule has 0 radical (unpaired) electrons. The summed E-state index contributed by atoms with van der Waals surface area (Å²) in [5.74, 6) is -0.391. The predicted octanol–water partition coefficient (Wildman–Crippen LogP) is 1.14. The molecule has 3 rings (SSSR count). The third kappa shape index (κ3) is 2.75. The molecule has 3 atom stereocenters. The summed E-state index contributed by atoms with van der Waals surface area (Å²) in [7, 11) is 3.16. The van der Waals surface area contributed by atoms with Gasteiger partial charge in [-0.2, -0.15) is 0 Å². The van der Waals surface area contributed by atoms with E-state index in [0.29, 0.717) is 18.4 Å². The number of aromatic amines is 1. The first-order valence-corrected chi connectivity index (χ1v) is 7.63. The van der Waals surface area contributed by atoms with Crippen molar-refractivity contribution in [1.29, 1.82) is 0 Å². The summed E-state index contributed by atoms with van der Waals surface area (Å²) in [4.78, 5) is 29.1. The topological polar surface area (TPSA) is 82.6 Å². The highest BCUT2D eigenvalue weighted by Crippen LogP contribution is 2.26. The second-order valence-electron chi connectivity index (χ2n) is 5.92. The number of likely N-dealkylation sites (N-methyl/N-ethyl adjacent to an activating group) is 1. The molecule has 6 nitrogen and oxygen atoms in total. The quantitative estimate of drug-likeness (QED) is 0.889. The summed E-state index contributed by atoms with van der Waals surface area (Å²) in [6.45, 7) is 0. The fourth-order valence-electron chi connectivity index (χ4n) is 3.25. The molecule has 0 spiro atoms. The van der Waals surface area contributed by atoms with E-state index in [0.717, 1.165) is 5.39 Å². The zero-order chi connectivity index (χ0) is 16.6. The maximum Gasteiger partial charge on any atom is 0.261 e. The second kappa shape index (κ2) is 6.14. The average molecular weight is 316 g/mol. The SMILES string of the molecule is CO[C@@H]1CC[C@@H](N(C)C(=O)c2cc3ccccc3[nH]c2=O)[C@H]1O. The van der Waals surface area contributed by atoms with Gasteiger partial charge in [0, 0.05) is 19.7 Å². The predicted molar refractivity (Wildman–Crippen MR) is 86.5 cm³/mol. The lowest BCUT2D eigenvalue weighted by Gasteiger charge is -2.28. The van der Waals surface area contributed by atoms with Gasteiger partial charge >= 0.3 is 0 Å². The highest BCUT2D eigenvalue weighted by Gasteiger charge is 2.39. The van der Waals surface area contributed by atoms with Gasteiger partial charge in [0.1, 0.15) is 11.7 Å². The van der Waals surface area contributed by atoms with E-state index in [2.05, 4.69) is 4.98 Å². The van der Waals surface area contributed by atoms with Gasteiger partial charge in [-0.15, -0.1) is 0 Å². The Hall–Kier alpha value is -2.18. The van der Waals surface area contributed by atoms with Crippen LogP contribution in [0.25, 0.3) is 10.9 Å². The minimum atomic E-state index is -0.742. The normalized spacial score (nSPS) is 24.0. The molecule has 0 bridgehead atoms. The zero-order valence-corrected chi connectivity index (χ0v) is 13.2. The van der Waals surface area contributed by atoms with Gasteiger partial charge in [-0.25, -0.2) is 0 Å². The molecule has 122 valence electrons. The number of pyridine rings is 1. The number of carbonyl (C=O) groups excluding carboxylic acids is 1. The van der Waals surface area contributed by atoms with E-state index in [9.17, 15) is 14.7 Å². The number of methoxy groups -OCH3 is 1. The number of hydrogen-bond donors (Lipinski definition) is 2. The number of ether oxygens (including phenoxy) is 1. The Morgan fingerprint density at radius 3 is 2.78 bits per heavy atom. The average Bonchev–Trinajstić information content (AvgIpc) is 2.93. The number of aliphatic hydroxyl groups excluding tert-OH is 1. The number of aliphatic hydroxyl groups is 1. The van der Waals surface area contributed by atoms with Crippen LogP contribution in [0.2, 0.25) is 0 Å². The molecule has 1 aromatic carbocycles. The van der Waals surface area contributed by atoms with Crippen LogP contribution in [0.3, 0.4) is 0 Å². The molecule has 6 heteroatoms. The number of fused-ring (bicyclic) bond motifs is 1. The van der Waals surface area contributed by atoms with E-state index in [4.69, 9.17) is 4.74 Å². The molecule has 0 aliphatic heterocycles. The Balaban J connectivity index is 1.91. The molecule has 1 aliphatic carbocycles. The third-order valence-electron chi connectivity index (χ3n) is 4.63. The largest absolute Gasteiger partial charge is 0.388 e. The van der Waals surface area contributed by atoms with Gasteiger partial charge in [0.15, 0.2) is 0 Å². The molecule has 1 saturated carbocycles. The molecule has 23 heavy (non-hydrogen) atoms. The van der Waals surface area contributed by atoms with E-state index >= 15 is 0 Å². The van der Waals surface area contributed by atoms with Crippen LogP contribution in [0.5, 0.6) is 0 Å². The van der Waals surface area contributed by atoms with Crippen molar-refractivity contribution in [1.82, 2.24) is 9.88 Å². The fraction of sp³-hybridized carbons (Fsp3) is 0.412. The number of hydrogen-bond acceptors (Lipinski definition) is 4. The lowest BCUT2D eigenvalue weighted by Crippen LogP contribution is -2.45. The summed E-state index contributed by atoms with van der Waals surface area (Å²) >= 11 is 0. The molecule has 0 saturated heterocycles. The highest BCUT2D eigenvalue weighted by molar-refractivity contribution is 5.97. The van der Waals surface area contributed by atoms with Crippen LogP contribution >= 0.6 is 0 Å². The van der Waals surface area contributed by atoms with Gasteiger partial charge in [-0.3, -0.25) is 9.59 Å². The molecule has 1 heterocycles. The first kappa shape index (κ1) is 15.7. The molecular formula is C17H20N2O4. The van der Waals surface area contributed by atoms with Crippen LogP contribution < -0.4 is 5.56 Å². The van der Waals surface area contributed by atoms with Crippen LogP contribution in [0.4, 0.5) is 0 Å². The molecule has 1 fully saturated rings. The molecule has 1 amide bonds. The van der Waals surface area contributed by atoms with Gasteiger partial charge in [-0.05, 0) is 30.4 Å². The second-order valence-corrected chi connectivity index (χ2v) is 5.92. The standard InChI is InChI=1S/C17H20N2O4/c1-19(13-7-8-14(23-2)15(13)20)17(22)11-9-10-5-3-4-6-12(10)18-16(11)21/h3-6,9,13-15,20H,7-8H2,1-2H3,(H,18,21)/t13-,14-,15-/m1/s1. The summed E-state index contributed by atoms with van der Waals surface area (Å²) in [5, 5.41) is 11.0. The molecule has 2 aromatic rings. The van der Waals surface area contributed by atoms with Crippen molar-refractivity contribution in [3.63, 3.8) is 0 Å². The minimum absolute atomic E-state index is 0.0827. The van der Waals surface area contributed by atoms with E-state index in [1.807, 2.05) is 18.2 Å². The lowest BCUT2D eigenvalue weighted by atomic mass is 10.1. The van der Waals surface area contributed by atoms with Crippen LogP contribution in [-0.4, -0.2) is 53.3 Å². The van der Waals surface area contributed by atoms with E-state index in [-0.39, 0.29) is 17.7 Å². The fourth-order valence-corrected chi connectivity index (χ4v) is 3.25. The van der Waals surface area contributed by atoms with Gasteiger partial charge in [0.2, 0.25) is 0 Å².